The van der Waals surface area contributed by atoms with Crippen molar-refractivity contribution in [2.24, 2.45) is 5.92 Å². The van der Waals surface area contributed by atoms with Gasteiger partial charge in [0.25, 0.3) is 0 Å². The van der Waals surface area contributed by atoms with Gasteiger partial charge in [-0.3, -0.25) is 4.90 Å². The van der Waals surface area contributed by atoms with Crippen LogP contribution in [0.25, 0.3) is 0 Å². The number of aromatic hydroxyl groups is 1. The second-order valence-corrected chi connectivity index (χ2v) is 6.07. The zero-order valence-electron chi connectivity index (χ0n) is 12.1. The topological polar surface area (TPSA) is 32.7 Å². The largest absolute Gasteiger partial charge is 0.506 e. The molecule has 1 saturated heterocycles. The Morgan fingerprint density at radius 1 is 1.45 bits per heavy atom. The predicted molar refractivity (Wildman–Crippen MR) is 82.2 cm³/mol. The molecule has 4 heteroatoms. The molecule has 0 aliphatic carbocycles. The SMILES string of the molecule is COCCCC1CCCN(Cc2ccc(O)c(Cl)c2)C1. The highest BCUT2D eigenvalue weighted by atomic mass is 35.5. The number of benzene rings is 1. The molecule has 0 radical (unpaired) electrons. The lowest BCUT2D eigenvalue weighted by molar-refractivity contribution is 0.142. The van der Waals surface area contributed by atoms with Crippen molar-refractivity contribution in [3.63, 3.8) is 0 Å². The Morgan fingerprint density at radius 3 is 3.05 bits per heavy atom. The summed E-state index contributed by atoms with van der Waals surface area (Å²) in [6.45, 7) is 4.09. The summed E-state index contributed by atoms with van der Waals surface area (Å²) in [5.74, 6) is 0.943. The monoisotopic (exact) mass is 297 g/mol. The van der Waals surface area contributed by atoms with Crippen LogP contribution in [-0.2, 0) is 11.3 Å². The maximum atomic E-state index is 9.45. The van der Waals surface area contributed by atoms with Gasteiger partial charge in [-0.1, -0.05) is 17.7 Å². The van der Waals surface area contributed by atoms with Crippen molar-refractivity contribution in [1.29, 1.82) is 0 Å². The van der Waals surface area contributed by atoms with Gasteiger partial charge in [-0.15, -0.1) is 0 Å². The van der Waals surface area contributed by atoms with E-state index < -0.39 is 0 Å². The Morgan fingerprint density at radius 2 is 2.30 bits per heavy atom. The number of nitrogens with zero attached hydrogens (tertiary/aromatic N) is 1. The van der Waals surface area contributed by atoms with Crippen molar-refractivity contribution in [2.75, 3.05) is 26.8 Å². The molecule has 20 heavy (non-hydrogen) atoms. The van der Waals surface area contributed by atoms with E-state index >= 15 is 0 Å². The zero-order valence-corrected chi connectivity index (χ0v) is 12.9. The van der Waals surface area contributed by atoms with Crippen molar-refractivity contribution >= 4 is 11.6 Å². The van der Waals surface area contributed by atoms with E-state index in [1.54, 1.807) is 13.2 Å². The van der Waals surface area contributed by atoms with E-state index in [9.17, 15) is 5.11 Å². The van der Waals surface area contributed by atoms with Crippen LogP contribution in [0.1, 0.15) is 31.2 Å². The first kappa shape index (κ1) is 15.6. The first-order valence-electron chi connectivity index (χ1n) is 7.37. The average Bonchev–Trinajstić information content (AvgIpc) is 2.44. The van der Waals surface area contributed by atoms with E-state index in [4.69, 9.17) is 16.3 Å². The molecule has 0 amide bonds. The highest BCUT2D eigenvalue weighted by Crippen LogP contribution is 2.26. The van der Waals surface area contributed by atoms with Crippen molar-refractivity contribution < 1.29 is 9.84 Å². The standard InChI is InChI=1S/C16H24ClNO2/c1-20-9-3-5-13-4-2-8-18(11-13)12-14-6-7-16(19)15(17)10-14/h6-7,10,13,19H,2-5,8-9,11-12H2,1H3. The van der Waals surface area contributed by atoms with Crippen LogP contribution in [0.3, 0.4) is 0 Å². The molecule has 0 spiro atoms. The smallest absolute Gasteiger partial charge is 0.134 e. The molecule has 2 rings (SSSR count). The second-order valence-electron chi connectivity index (χ2n) is 5.66. The molecule has 1 heterocycles. The fraction of sp³-hybridized carbons (Fsp3) is 0.625. The van der Waals surface area contributed by atoms with Gasteiger partial charge in [0.05, 0.1) is 5.02 Å². The van der Waals surface area contributed by atoms with Crippen molar-refractivity contribution in [2.45, 2.75) is 32.2 Å². The Balaban J connectivity index is 1.84. The summed E-state index contributed by atoms with van der Waals surface area (Å²) in [5, 5.41) is 9.90. The van der Waals surface area contributed by atoms with E-state index in [-0.39, 0.29) is 5.75 Å². The van der Waals surface area contributed by atoms with E-state index in [0.29, 0.717) is 5.02 Å². The number of ether oxygens (including phenoxy) is 1. The van der Waals surface area contributed by atoms with E-state index in [0.717, 1.165) is 38.6 Å². The molecule has 0 aromatic heterocycles. The van der Waals surface area contributed by atoms with Gasteiger partial charge in [-0.25, -0.2) is 0 Å². The Kier molecular flexibility index (Phi) is 6.14. The van der Waals surface area contributed by atoms with E-state index in [1.165, 1.54) is 24.8 Å². The van der Waals surface area contributed by atoms with E-state index in [1.807, 2.05) is 12.1 Å². The third-order valence-corrected chi connectivity index (χ3v) is 4.28. The van der Waals surface area contributed by atoms with Crippen LogP contribution >= 0.6 is 11.6 Å². The van der Waals surface area contributed by atoms with Crippen LogP contribution in [0.2, 0.25) is 5.02 Å². The number of phenols is 1. The number of rotatable bonds is 6. The zero-order chi connectivity index (χ0) is 14.4. The number of piperidine rings is 1. The molecular weight excluding hydrogens is 274 g/mol. The normalized spacial score (nSPS) is 20.2. The number of phenolic OH excluding ortho intramolecular Hbond substituents is 1. The molecule has 0 bridgehead atoms. The summed E-state index contributed by atoms with van der Waals surface area (Å²) in [5.41, 5.74) is 1.17. The molecule has 3 nitrogen and oxygen atoms in total. The van der Waals surface area contributed by atoms with Crippen LogP contribution in [0.5, 0.6) is 5.75 Å². The number of halogens is 1. The molecule has 1 fully saturated rings. The summed E-state index contributed by atoms with van der Waals surface area (Å²) >= 11 is 5.96. The lowest BCUT2D eigenvalue weighted by atomic mass is 9.93. The Hall–Kier alpha value is -0.770. The summed E-state index contributed by atoms with van der Waals surface area (Å²) in [6.07, 6.45) is 5.00. The van der Waals surface area contributed by atoms with Crippen LogP contribution in [0.15, 0.2) is 18.2 Å². The minimum Gasteiger partial charge on any atom is -0.506 e. The van der Waals surface area contributed by atoms with Crippen molar-refractivity contribution in [3.05, 3.63) is 28.8 Å². The molecule has 0 saturated carbocycles. The lowest BCUT2D eigenvalue weighted by Gasteiger charge is -2.32. The molecule has 1 aromatic carbocycles. The fourth-order valence-corrected chi connectivity index (χ4v) is 3.16. The quantitative estimate of drug-likeness (QED) is 0.813. The van der Waals surface area contributed by atoms with Crippen LogP contribution in [0.4, 0.5) is 0 Å². The first-order chi connectivity index (χ1) is 9.69. The fourth-order valence-electron chi connectivity index (χ4n) is 2.95. The summed E-state index contributed by atoms with van der Waals surface area (Å²) in [7, 11) is 1.77. The third-order valence-electron chi connectivity index (χ3n) is 3.98. The van der Waals surface area contributed by atoms with E-state index in [2.05, 4.69) is 4.90 Å². The molecule has 1 aromatic rings. The van der Waals surface area contributed by atoms with Crippen molar-refractivity contribution in [1.82, 2.24) is 4.90 Å². The highest BCUT2D eigenvalue weighted by Gasteiger charge is 2.19. The second kappa shape index (κ2) is 7.87. The highest BCUT2D eigenvalue weighted by molar-refractivity contribution is 6.32. The summed E-state index contributed by atoms with van der Waals surface area (Å²) in [6, 6.07) is 5.50. The van der Waals surface area contributed by atoms with Gasteiger partial charge in [0.2, 0.25) is 0 Å². The van der Waals surface area contributed by atoms with Crippen LogP contribution < -0.4 is 0 Å². The lowest BCUT2D eigenvalue weighted by Crippen LogP contribution is -2.35. The van der Waals surface area contributed by atoms with Gasteiger partial charge in [-0.2, -0.15) is 0 Å². The van der Waals surface area contributed by atoms with Crippen LogP contribution in [-0.4, -0.2) is 36.8 Å². The van der Waals surface area contributed by atoms with Gasteiger partial charge in [0, 0.05) is 26.8 Å². The number of hydrogen-bond acceptors (Lipinski definition) is 3. The molecule has 1 atom stereocenters. The third kappa shape index (κ3) is 4.65. The number of hydrogen-bond donors (Lipinski definition) is 1. The van der Waals surface area contributed by atoms with Gasteiger partial charge in [0.1, 0.15) is 5.75 Å². The number of methoxy groups -OCH3 is 1. The predicted octanol–water partition coefficient (Wildman–Crippen LogP) is 3.68. The minimum absolute atomic E-state index is 0.159. The Bertz CT molecular complexity index is 425. The maximum Gasteiger partial charge on any atom is 0.134 e. The minimum atomic E-state index is 0.159. The van der Waals surface area contributed by atoms with Crippen molar-refractivity contribution in [3.8, 4) is 5.75 Å². The summed E-state index contributed by atoms with van der Waals surface area (Å²) < 4.78 is 5.13. The van der Waals surface area contributed by atoms with Gasteiger partial charge >= 0.3 is 0 Å². The number of likely N-dealkylation sites (tertiary alicyclic amines) is 1. The molecule has 1 N–H and O–H groups in total. The first-order valence-corrected chi connectivity index (χ1v) is 7.75. The van der Waals surface area contributed by atoms with Crippen LogP contribution in [0, 0.1) is 5.92 Å². The molecular formula is C16H24ClNO2. The van der Waals surface area contributed by atoms with Gasteiger partial charge in [0.15, 0.2) is 0 Å². The molecule has 1 unspecified atom stereocenters. The summed E-state index contributed by atoms with van der Waals surface area (Å²) in [4.78, 5) is 2.49. The Labute approximate surface area is 126 Å². The maximum absolute atomic E-state index is 9.45. The average molecular weight is 298 g/mol. The molecule has 112 valence electrons. The van der Waals surface area contributed by atoms with Gasteiger partial charge in [-0.05, 0) is 55.8 Å². The van der Waals surface area contributed by atoms with Gasteiger partial charge < -0.3 is 9.84 Å². The molecule has 1 aliphatic heterocycles. The molecule has 1 aliphatic rings.